The molecule has 1 atom stereocenters. The molecule has 3 rings (SSSR count). The second kappa shape index (κ2) is 11.2. The highest BCUT2D eigenvalue weighted by Gasteiger charge is 2.30. The standard InChI is InChI=1S/C20H26F3N5S.HI/c1-14(15-6-5-7-16(12-15)20(21,22)23)26-18(24-2)25-9-8-17-13-29-19(27-17)28-10-3-4-11-28;/h5-7,12-14H,3-4,8-11H2,1-2H3,(H2,24,25,26);1H. The summed E-state index contributed by atoms with van der Waals surface area (Å²) in [5, 5.41) is 9.52. The van der Waals surface area contributed by atoms with Gasteiger partial charge in [0.15, 0.2) is 11.1 Å². The van der Waals surface area contributed by atoms with Gasteiger partial charge in [-0.15, -0.1) is 35.3 Å². The predicted octanol–water partition coefficient (Wildman–Crippen LogP) is 4.85. The molecule has 166 valence electrons. The zero-order valence-corrected chi connectivity index (χ0v) is 20.1. The summed E-state index contributed by atoms with van der Waals surface area (Å²) in [4.78, 5) is 11.2. The van der Waals surface area contributed by atoms with E-state index in [1.807, 2.05) is 6.92 Å². The lowest BCUT2D eigenvalue weighted by atomic mass is 10.1. The van der Waals surface area contributed by atoms with Crippen molar-refractivity contribution in [3.63, 3.8) is 0 Å². The zero-order chi connectivity index (χ0) is 20.9. The summed E-state index contributed by atoms with van der Waals surface area (Å²) in [6.45, 7) is 4.60. The van der Waals surface area contributed by atoms with Crippen molar-refractivity contribution in [2.24, 2.45) is 4.99 Å². The van der Waals surface area contributed by atoms with Crippen molar-refractivity contribution in [3.8, 4) is 0 Å². The van der Waals surface area contributed by atoms with Crippen LogP contribution in [0.25, 0.3) is 0 Å². The van der Waals surface area contributed by atoms with Gasteiger partial charge in [0.25, 0.3) is 0 Å². The Morgan fingerprint density at radius 3 is 2.70 bits per heavy atom. The Kier molecular flexibility index (Phi) is 9.20. The minimum Gasteiger partial charge on any atom is -0.356 e. The van der Waals surface area contributed by atoms with Gasteiger partial charge in [-0.2, -0.15) is 13.2 Å². The van der Waals surface area contributed by atoms with E-state index in [0.29, 0.717) is 18.1 Å². The summed E-state index contributed by atoms with van der Waals surface area (Å²) in [5.74, 6) is 0.546. The maximum absolute atomic E-state index is 12.9. The Morgan fingerprint density at radius 2 is 2.03 bits per heavy atom. The molecule has 1 saturated heterocycles. The largest absolute Gasteiger partial charge is 0.416 e. The normalized spacial score (nSPS) is 15.6. The van der Waals surface area contributed by atoms with E-state index in [2.05, 4.69) is 25.9 Å². The molecule has 1 aromatic carbocycles. The smallest absolute Gasteiger partial charge is 0.356 e. The van der Waals surface area contributed by atoms with Crippen LogP contribution in [0, 0.1) is 0 Å². The van der Waals surface area contributed by atoms with Gasteiger partial charge in [0.1, 0.15) is 0 Å². The molecular formula is C20H27F3IN5S. The van der Waals surface area contributed by atoms with Crippen molar-refractivity contribution in [3.05, 3.63) is 46.5 Å². The molecule has 0 saturated carbocycles. The third kappa shape index (κ3) is 6.73. The number of anilines is 1. The molecule has 2 aromatic rings. The topological polar surface area (TPSA) is 52.6 Å². The highest BCUT2D eigenvalue weighted by atomic mass is 127. The van der Waals surface area contributed by atoms with Gasteiger partial charge in [0.05, 0.1) is 17.3 Å². The van der Waals surface area contributed by atoms with Crippen LogP contribution < -0.4 is 15.5 Å². The van der Waals surface area contributed by atoms with Gasteiger partial charge in [0, 0.05) is 38.5 Å². The number of nitrogens with one attached hydrogen (secondary N) is 2. The second-order valence-corrected chi connectivity index (χ2v) is 7.89. The number of rotatable bonds is 6. The summed E-state index contributed by atoms with van der Waals surface area (Å²) >= 11 is 1.67. The van der Waals surface area contributed by atoms with Crippen LogP contribution in [0.2, 0.25) is 0 Å². The summed E-state index contributed by atoms with van der Waals surface area (Å²) in [6.07, 6.45) is -1.15. The lowest BCUT2D eigenvalue weighted by Gasteiger charge is -2.19. The van der Waals surface area contributed by atoms with Gasteiger partial charge in [0.2, 0.25) is 0 Å². The first kappa shape index (κ1) is 24.7. The first-order valence-corrected chi connectivity index (χ1v) is 10.6. The van der Waals surface area contributed by atoms with E-state index in [-0.39, 0.29) is 30.0 Å². The maximum atomic E-state index is 12.9. The van der Waals surface area contributed by atoms with Gasteiger partial charge in [-0.05, 0) is 37.5 Å². The fourth-order valence-corrected chi connectivity index (χ4v) is 4.15. The fraction of sp³-hybridized carbons (Fsp3) is 0.500. The number of hydrogen-bond acceptors (Lipinski definition) is 4. The van der Waals surface area contributed by atoms with Crippen LogP contribution in [-0.4, -0.2) is 37.6 Å². The molecule has 1 aliphatic rings. The number of aliphatic imine (C=N–C) groups is 1. The van der Waals surface area contributed by atoms with Gasteiger partial charge in [-0.3, -0.25) is 4.99 Å². The average Bonchev–Trinajstić information content (AvgIpc) is 3.38. The van der Waals surface area contributed by atoms with Crippen LogP contribution >= 0.6 is 35.3 Å². The van der Waals surface area contributed by atoms with E-state index in [0.717, 1.165) is 36.4 Å². The Balaban J connectivity index is 0.00000320. The van der Waals surface area contributed by atoms with E-state index in [1.54, 1.807) is 24.5 Å². The van der Waals surface area contributed by atoms with Crippen molar-refractivity contribution in [1.29, 1.82) is 0 Å². The van der Waals surface area contributed by atoms with Crippen molar-refractivity contribution in [1.82, 2.24) is 15.6 Å². The molecule has 1 aliphatic heterocycles. The first-order chi connectivity index (χ1) is 13.9. The van der Waals surface area contributed by atoms with E-state index >= 15 is 0 Å². The van der Waals surface area contributed by atoms with E-state index in [4.69, 9.17) is 4.98 Å². The van der Waals surface area contributed by atoms with Crippen molar-refractivity contribution >= 4 is 46.4 Å². The highest BCUT2D eigenvalue weighted by Crippen LogP contribution is 2.30. The van der Waals surface area contributed by atoms with E-state index in [1.165, 1.54) is 25.0 Å². The van der Waals surface area contributed by atoms with Gasteiger partial charge >= 0.3 is 6.18 Å². The predicted molar refractivity (Wildman–Crippen MR) is 127 cm³/mol. The minimum atomic E-state index is -4.35. The van der Waals surface area contributed by atoms with Crippen LogP contribution in [-0.2, 0) is 12.6 Å². The lowest BCUT2D eigenvalue weighted by molar-refractivity contribution is -0.137. The third-order valence-corrected chi connectivity index (χ3v) is 5.83. The van der Waals surface area contributed by atoms with Gasteiger partial charge in [-0.25, -0.2) is 4.98 Å². The fourth-order valence-electron chi connectivity index (χ4n) is 3.24. The molecular weight excluding hydrogens is 526 g/mol. The summed E-state index contributed by atoms with van der Waals surface area (Å²) < 4.78 is 38.8. The molecule has 1 fully saturated rings. The summed E-state index contributed by atoms with van der Waals surface area (Å²) in [5.41, 5.74) is 0.937. The van der Waals surface area contributed by atoms with Crippen molar-refractivity contribution in [2.75, 3.05) is 31.6 Å². The Hall–Kier alpha value is -1.56. The third-order valence-electron chi connectivity index (χ3n) is 4.88. The Morgan fingerprint density at radius 1 is 1.30 bits per heavy atom. The lowest BCUT2D eigenvalue weighted by Crippen LogP contribution is -2.39. The van der Waals surface area contributed by atoms with Crippen LogP contribution in [0.15, 0.2) is 34.6 Å². The van der Waals surface area contributed by atoms with Crippen LogP contribution in [0.1, 0.15) is 42.6 Å². The quantitative estimate of drug-likeness (QED) is 0.305. The number of nitrogens with zero attached hydrogens (tertiary/aromatic N) is 3. The second-order valence-electron chi connectivity index (χ2n) is 7.05. The molecule has 0 amide bonds. The van der Waals surface area contributed by atoms with Gasteiger partial charge in [-0.1, -0.05) is 12.1 Å². The number of guanidine groups is 1. The first-order valence-electron chi connectivity index (χ1n) is 9.70. The molecule has 0 aliphatic carbocycles. The highest BCUT2D eigenvalue weighted by molar-refractivity contribution is 14.0. The molecule has 0 spiro atoms. The Labute approximate surface area is 196 Å². The van der Waals surface area contributed by atoms with E-state index < -0.39 is 11.7 Å². The monoisotopic (exact) mass is 553 g/mol. The molecule has 2 N–H and O–H groups in total. The average molecular weight is 553 g/mol. The molecule has 0 bridgehead atoms. The summed E-state index contributed by atoms with van der Waals surface area (Å²) in [7, 11) is 1.64. The van der Waals surface area contributed by atoms with Crippen LogP contribution in [0.3, 0.4) is 0 Å². The number of benzene rings is 1. The number of alkyl halides is 3. The molecule has 30 heavy (non-hydrogen) atoms. The molecule has 0 radical (unpaired) electrons. The van der Waals surface area contributed by atoms with Crippen molar-refractivity contribution < 1.29 is 13.2 Å². The molecule has 1 unspecified atom stereocenters. The minimum absolute atomic E-state index is 0. The maximum Gasteiger partial charge on any atom is 0.416 e. The number of thiazole rings is 1. The number of hydrogen-bond donors (Lipinski definition) is 2. The van der Waals surface area contributed by atoms with Crippen LogP contribution in [0.5, 0.6) is 0 Å². The Bertz CT molecular complexity index is 834. The molecule has 2 heterocycles. The van der Waals surface area contributed by atoms with Crippen LogP contribution in [0.4, 0.5) is 18.3 Å². The van der Waals surface area contributed by atoms with Crippen molar-refractivity contribution in [2.45, 2.75) is 38.4 Å². The molecule has 5 nitrogen and oxygen atoms in total. The molecule has 1 aromatic heterocycles. The van der Waals surface area contributed by atoms with Gasteiger partial charge < -0.3 is 15.5 Å². The SMILES string of the molecule is CN=C(NCCc1csc(N2CCCC2)n1)NC(C)c1cccc(C(F)(F)F)c1.I. The molecule has 10 heteroatoms. The number of aromatic nitrogens is 1. The summed E-state index contributed by atoms with van der Waals surface area (Å²) in [6, 6.07) is 5.03. The zero-order valence-electron chi connectivity index (χ0n) is 17.0. The number of halogens is 4. The van der Waals surface area contributed by atoms with E-state index in [9.17, 15) is 13.2 Å².